The highest BCUT2D eigenvalue weighted by molar-refractivity contribution is 8.13. The SMILES string of the molecule is [CH2][C@@H]1C[C@H]2CSC(N)=N[C@@]2(c2ccccc2F)CO1. The van der Waals surface area contributed by atoms with E-state index >= 15 is 0 Å². The van der Waals surface area contributed by atoms with E-state index in [1.807, 2.05) is 6.07 Å². The highest BCUT2D eigenvalue weighted by atomic mass is 32.2. The minimum Gasteiger partial charge on any atom is -0.379 e. The van der Waals surface area contributed by atoms with Gasteiger partial charge in [-0.05, 0) is 19.4 Å². The third-order valence-electron chi connectivity index (χ3n) is 3.84. The first-order chi connectivity index (χ1) is 9.12. The van der Waals surface area contributed by atoms with Crippen LogP contribution in [0, 0.1) is 18.7 Å². The Labute approximate surface area is 116 Å². The molecule has 1 saturated heterocycles. The molecule has 0 spiro atoms. The van der Waals surface area contributed by atoms with E-state index in [0.717, 1.165) is 12.2 Å². The van der Waals surface area contributed by atoms with E-state index in [9.17, 15) is 4.39 Å². The van der Waals surface area contributed by atoms with E-state index in [0.29, 0.717) is 17.3 Å². The van der Waals surface area contributed by atoms with Crippen LogP contribution in [0.1, 0.15) is 12.0 Å². The number of nitrogens with zero attached hydrogens (tertiary/aromatic N) is 1. The zero-order chi connectivity index (χ0) is 13.5. The van der Waals surface area contributed by atoms with Crippen molar-refractivity contribution < 1.29 is 9.13 Å². The van der Waals surface area contributed by atoms with Crippen LogP contribution in [0.3, 0.4) is 0 Å². The van der Waals surface area contributed by atoms with Gasteiger partial charge < -0.3 is 10.5 Å². The molecule has 2 aliphatic heterocycles. The number of thioether (sulfide) groups is 1. The van der Waals surface area contributed by atoms with Crippen molar-refractivity contribution in [3.63, 3.8) is 0 Å². The molecule has 1 aromatic rings. The van der Waals surface area contributed by atoms with Crippen LogP contribution >= 0.6 is 11.8 Å². The second-order valence-electron chi connectivity index (χ2n) is 5.03. The molecular weight excluding hydrogens is 263 g/mol. The fourth-order valence-electron chi connectivity index (χ4n) is 2.86. The van der Waals surface area contributed by atoms with Crippen LogP contribution in [0.2, 0.25) is 0 Å². The summed E-state index contributed by atoms with van der Waals surface area (Å²) >= 11 is 1.53. The van der Waals surface area contributed by atoms with Gasteiger partial charge in [-0.15, -0.1) is 0 Å². The van der Waals surface area contributed by atoms with Crippen LogP contribution in [0.5, 0.6) is 0 Å². The minimum absolute atomic E-state index is 0.0555. The second-order valence-corrected chi connectivity index (χ2v) is 6.07. The van der Waals surface area contributed by atoms with Crippen molar-refractivity contribution in [3.05, 3.63) is 42.6 Å². The lowest BCUT2D eigenvalue weighted by atomic mass is 9.75. The van der Waals surface area contributed by atoms with Gasteiger partial charge in [-0.1, -0.05) is 30.0 Å². The molecule has 1 aromatic carbocycles. The van der Waals surface area contributed by atoms with Crippen molar-refractivity contribution in [2.24, 2.45) is 16.6 Å². The molecular formula is C14H16FN2OS. The molecule has 2 N–H and O–H groups in total. The maximum Gasteiger partial charge on any atom is 0.154 e. The number of nitrogens with two attached hydrogens (primary N) is 1. The van der Waals surface area contributed by atoms with Crippen molar-refractivity contribution in [2.45, 2.75) is 18.1 Å². The molecule has 3 atom stereocenters. The highest BCUT2D eigenvalue weighted by Crippen LogP contribution is 2.46. The smallest absolute Gasteiger partial charge is 0.154 e. The predicted octanol–water partition coefficient (Wildman–Crippen LogP) is 2.32. The number of rotatable bonds is 1. The van der Waals surface area contributed by atoms with E-state index in [2.05, 4.69) is 11.9 Å². The van der Waals surface area contributed by atoms with Crippen LogP contribution in [-0.2, 0) is 10.3 Å². The van der Waals surface area contributed by atoms with E-state index in [4.69, 9.17) is 10.5 Å². The lowest BCUT2D eigenvalue weighted by Gasteiger charge is -2.45. The quantitative estimate of drug-likeness (QED) is 0.858. The molecule has 19 heavy (non-hydrogen) atoms. The molecule has 0 saturated carbocycles. The van der Waals surface area contributed by atoms with Gasteiger partial charge in [0.2, 0.25) is 0 Å². The number of benzene rings is 1. The maximum absolute atomic E-state index is 14.2. The van der Waals surface area contributed by atoms with E-state index in [-0.39, 0.29) is 17.8 Å². The fourth-order valence-corrected chi connectivity index (χ4v) is 3.87. The van der Waals surface area contributed by atoms with Crippen LogP contribution in [0.15, 0.2) is 29.3 Å². The summed E-state index contributed by atoms with van der Waals surface area (Å²) in [6, 6.07) is 6.75. The van der Waals surface area contributed by atoms with Crippen molar-refractivity contribution in [1.29, 1.82) is 0 Å². The van der Waals surface area contributed by atoms with Gasteiger partial charge in [0.25, 0.3) is 0 Å². The molecule has 0 amide bonds. The van der Waals surface area contributed by atoms with Gasteiger partial charge in [0, 0.05) is 17.2 Å². The largest absolute Gasteiger partial charge is 0.379 e. The Hall–Kier alpha value is -1.07. The molecule has 3 rings (SSSR count). The first-order valence-corrected chi connectivity index (χ1v) is 7.28. The van der Waals surface area contributed by atoms with Crippen molar-refractivity contribution in [3.8, 4) is 0 Å². The summed E-state index contributed by atoms with van der Waals surface area (Å²) in [4.78, 5) is 4.57. The maximum atomic E-state index is 14.2. The second kappa shape index (κ2) is 4.80. The summed E-state index contributed by atoms with van der Waals surface area (Å²) in [5.41, 5.74) is 5.76. The van der Waals surface area contributed by atoms with Gasteiger partial charge >= 0.3 is 0 Å². The fraction of sp³-hybridized carbons (Fsp3) is 0.429. The molecule has 0 aromatic heterocycles. The van der Waals surface area contributed by atoms with Gasteiger partial charge in [0.05, 0.1) is 12.7 Å². The van der Waals surface area contributed by atoms with Gasteiger partial charge in [0.15, 0.2) is 5.17 Å². The molecule has 101 valence electrons. The first-order valence-electron chi connectivity index (χ1n) is 6.29. The molecule has 2 aliphatic rings. The van der Waals surface area contributed by atoms with Gasteiger partial charge in [-0.25, -0.2) is 9.38 Å². The van der Waals surface area contributed by atoms with Gasteiger partial charge in [-0.3, -0.25) is 0 Å². The van der Waals surface area contributed by atoms with Crippen LogP contribution in [0.4, 0.5) is 4.39 Å². The Kier molecular flexibility index (Phi) is 3.27. The summed E-state index contributed by atoms with van der Waals surface area (Å²) in [5, 5.41) is 0.505. The predicted molar refractivity (Wildman–Crippen MR) is 75.4 cm³/mol. The Morgan fingerprint density at radius 3 is 3.05 bits per heavy atom. The third-order valence-corrected chi connectivity index (χ3v) is 4.80. The van der Waals surface area contributed by atoms with Crippen LogP contribution in [0.25, 0.3) is 0 Å². The molecule has 5 heteroatoms. The molecule has 1 radical (unpaired) electrons. The minimum atomic E-state index is -0.686. The number of hydrogen-bond acceptors (Lipinski definition) is 4. The first kappa shape index (κ1) is 12.9. The van der Waals surface area contributed by atoms with E-state index < -0.39 is 5.54 Å². The molecule has 2 heterocycles. The monoisotopic (exact) mass is 279 g/mol. The van der Waals surface area contributed by atoms with Crippen LogP contribution < -0.4 is 5.73 Å². The third kappa shape index (κ3) is 2.15. The molecule has 1 fully saturated rings. The number of fused-ring (bicyclic) bond motifs is 1. The summed E-state index contributed by atoms with van der Waals surface area (Å²) < 4.78 is 19.8. The van der Waals surface area contributed by atoms with Crippen molar-refractivity contribution >= 4 is 16.9 Å². The number of ether oxygens (including phenoxy) is 1. The summed E-state index contributed by atoms with van der Waals surface area (Å²) in [6.07, 6.45) is 0.720. The Balaban J connectivity index is 2.11. The molecule has 0 aliphatic carbocycles. The highest BCUT2D eigenvalue weighted by Gasteiger charge is 2.48. The Morgan fingerprint density at radius 2 is 2.26 bits per heavy atom. The summed E-state index contributed by atoms with van der Waals surface area (Å²) in [7, 11) is 0. The average Bonchev–Trinajstić information content (AvgIpc) is 2.40. The Morgan fingerprint density at radius 1 is 1.47 bits per heavy atom. The van der Waals surface area contributed by atoms with Crippen LogP contribution in [-0.4, -0.2) is 23.6 Å². The normalized spacial score (nSPS) is 34.5. The summed E-state index contributed by atoms with van der Waals surface area (Å²) in [5.74, 6) is 0.791. The standard InChI is InChI=1S/C14H16FN2OS/c1-9-6-10-7-19-13(16)17-14(10,8-18-9)11-4-2-3-5-12(11)15/h2-5,9-10H,1,6-8H2,(H2,16,17)/t9-,10+,14+/m1/s1. The molecule has 0 bridgehead atoms. The Bertz CT molecular complexity index is 522. The van der Waals surface area contributed by atoms with Crippen molar-refractivity contribution in [2.75, 3.05) is 12.4 Å². The van der Waals surface area contributed by atoms with Gasteiger partial charge in [-0.2, -0.15) is 0 Å². The molecule has 3 nitrogen and oxygen atoms in total. The zero-order valence-corrected chi connectivity index (χ0v) is 11.3. The van der Waals surface area contributed by atoms with E-state index in [1.54, 1.807) is 12.1 Å². The lowest BCUT2D eigenvalue weighted by molar-refractivity contribution is -0.0356. The number of hydrogen-bond donors (Lipinski definition) is 1. The number of aliphatic imine (C=N–C) groups is 1. The van der Waals surface area contributed by atoms with Gasteiger partial charge in [0.1, 0.15) is 11.4 Å². The number of amidine groups is 1. The average molecular weight is 279 g/mol. The topological polar surface area (TPSA) is 47.6 Å². The zero-order valence-electron chi connectivity index (χ0n) is 10.5. The molecule has 0 unspecified atom stereocenters. The number of halogens is 1. The van der Waals surface area contributed by atoms with Crippen molar-refractivity contribution in [1.82, 2.24) is 0 Å². The lowest BCUT2D eigenvalue weighted by Crippen LogP contribution is -2.50. The van der Waals surface area contributed by atoms with E-state index in [1.165, 1.54) is 17.8 Å². The summed E-state index contributed by atoms with van der Waals surface area (Å²) in [6.45, 7) is 4.29.